The molecule has 0 spiro atoms. The summed E-state index contributed by atoms with van der Waals surface area (Å²) in [5, 5.41) is 0. The number of hydrogen-bond donors (Lipinski definition) is 0. The lowest BCUT2D eigenvalue weighted by molar-refractivity contribution is -0.572. The number of rotatable bonds is 1. The van der Waals surface area contributed by atoms with Crippen molar-refractivity contribution < 1.29 is 4.58 Å². The van der Waals surface area contributed by atoms with Crippen LogP contribution in [0, 0.1) is 0 Å². The van der Waals surface area contributed by atoms with Gasteiger partial charge in [0.15, 0.2) is 11.8 Å². The quantitative estimate of drug-likeness (QED) is 0.598. The Hall–Kier alpha value is -0.790. The van der Waals surface area contributed by atoms with Crippen LogP contribution in [0.5, 0.6) is 0 Å². The first-order valence-corrected chi connectivity index (χ1v) is 6.11. The molecule has 0 aromatic rings. The van der Waals surface area contributed by atoms with E-state index in [1.54, 1.807) is 0 Å². The van der Waals surface area contributed by atoms with Gasteiger partial charge in [0.25, 0.3) is 0 Å². The van der Waals surface area contributed by atoms with E-state index in [-0.39, 0.29) is 5.54 Å². The number of hydrogen-bond acceptors (Lipinski definition) is 1. The zero-order valence-corrected chi connectivity index (χ0v) is 10.3. The first-order chi connectivity index (χ1) is 7.09. The molecule has 15 heavy (non-hydrogen) atoms. The Morgan fingerprint density at radius 3 is 2.47 bits per heavy atom. The Morgan fingerprint density at radius 1 is 1.20 bits per heavy atom. The van der Waals surface area contributed by atoms with Crippen molar-refractivity contribution in [3.63, 3.8) is 0 Å². The molecule has 2 aliphatic rings. The van der Waals surface area contributed by atoms with Gasteiger partial charge in [-0.15, -0.1) is 0 Å². The number of likely N-dealkylation sites (tertiary alicyclic amines) is 1. The SMILES string of the molecule is C[N+]1=CC=C(N2CCCCC2)CC1(C)C. The van der Waals surface area contributed by atoms with Crippen molar-refractivity contribution in [3.05, 3.63) is 11.8 Å². The van der Waals surface area contributed by atoms with Gasteiger partial charge in [-0.25, -0.2) is 4.58 Å². The molecule has 0 aromatic carbocycles. The summed E-state index contributed by atoms with van der Waals surface area (Å²) >= 11 is 0. The number of nitrogens with zero attached hydrogens (tertiary/aromatic N) is 2. The van der Waals surface area contributed by atoms with Crippen molar-refractivity contribution in [1.29, 1.82) is 0 Å². The van der Waals surface area contributed by atoms with Crippen LogP contribution < -0.4 is 0 Å². The second kappa shape index (κ2) is 3.99. The van der Waals surface area contributed by atoms with Gasteiger partial charge in [0, 0.05) is 38.7 Å². The molecule has 84 valence electrons. The Morgan fingerprint density at radius 2 is 1.87 bits per heavy atom. The summed E-state index contributed by atoms with van der Waals surface area (Å²) in [4.78, 5) is 2.58. The van der Waals surface area contributed by atoms with Gasteiger partial charge in [0.1, 0.15) is 7.05 Å². The highest BCUT2D eigenvalue weighted by molar-refractivity contribution is 5.68. The Labute approximate surface area is 93.3 Å². The summed E-state index contributed by atoms with van der Waals surface area (Å²) in [5.74, 6) is 0. The fourth-order valence-corrected chi connectivity index (χ4v) is 2.42. The van der Waals surface area contributed by atoms with Crippen molar-refractivity contribution in [1.82, 2.24) is 4.90 Å². The van der Waals surface area contributed by atoms with E-state index in [4.69, 9.17) is 0 Å². The van der Waals surface area contributed by atoms with Gasteiger partial charge < -0.3 is 4.90 Å². The summed E-state index contributed by atoms with van der Waals surface area (Å²) < 4.78 is 2.32. The molecular formula is C13H23N2+. The first-order valence-electron chi connectivity index (χ1n) is 6.11. The summed E-state index contributed by atoms with van der Waals surface area (Å²) in [6.07, 6.45) is 9.86. The van der Waals surface area contributed by atoms with Crippen molar-refractivity contribution >= 4 is 6.21 Å². The normalized spacial score (nSPS) is 25.9. The second-order valence-corrected chi connectivity index (χ2v) is 5.45. The molecule has 2 nitrogen and oxygen atoms in total. The molecule has 0 bridgehead atoms. The summed E-state index contributed by atoms with van der Waals surface area (Å²) in [6.45, 7) is 7.17. The first kappa shape index (κ1) is 10.7. The highest BCUT2D eigenvalue weighted by Gasteiger charge is 2.33. The van der Waals surface area contributed by atoms with Crippen LogP contribution in [0.4, 0.5) is 0 Å². The van der Waals surface area contributed by atoms with Crippen LogP contribution in [-0.2, 0) is 0 Å². The average Bonchev–Trinajstić information content (AvgIpc) is 2.23. The van der Waals surface area contributed by atoms with Crippen LogP contribution in [0.1, 0.15) is 39.5 Å². The highest BCUT2D eigenvalue weighted by Crippen LogP contribution is 2.26. The van der Waals surface area contributed by atoms with Crippen LogP contribution >= 0.6 is 0 Å². The summed E-state index contributed by atoms with van der Waals surface area (Å²) in [5.41, 5.74) is 1.82. The Balaban J connectivity index is 2.10. The minimum Gasteiger partial charge on any atom is -0.374 e. The molecule has 0 atom stereocenters. The van der Waals surface area contributed by atoms with Crippen LogP contribution in [0.25, 0.3) is 0 Å². The predicted octanol–water partition coefficient (Wildman–Crippen LogP) is 2.25. The zero-order chi connectivity index (χ0) is 10.9. The molecule has 2 rings (SSSR count). The number of allylic oxidation sites excluding steroid dienone is 1. The molecule has 0 N–H and O–H groups in total. The smallest absolute Gasteiger partial charge is 0.165 e. The van der Waals surface area contributed by atoms with Crippen LogP contribution in [-0.4, -0.2) is 41.4 Å². The van der Waals surface area contributed by atoms with Gasteiger partial charge >= 0.3 is 0 Å². The molecule has 1 fully saturated rings. The van der Waals surface area contributed by atoms with E-state index in [0.717, 1.165) is 0 Å². The molecule has 2 aliphatic heterocycles. The maximum absolute atomic E-state index is 2.58. The van der Waals surface area contributed by atoms with Gasteiger partial charge in [-0.05, 0) is 19.3 Å². The largest absolute Gasteiger partial charge is 0.374 e. The molecule has 0 aliphatic carbocycles. The van der Waals surface area contributed by atoms with E-state index >= 15 is 0 Å². The molecule has 0 amide bonds. The van der Waals surface area contributed by atoms with Crippen molar-refractivity contribution in [2.75, 3.05) is 20.1 Å². The van der Waals surface area contributed by atoms with Crippen LogP contribution in [0.3, 0.4) is 0 Å². The van der Waals surface area contributed by atoms with E-state index in [1.807, 2.05) is 0 Å². The minimum absolute atomic E-state index is 0.279. The topological polar surface area (TPSA) is 6.25 Å². The monoisotopic (exact) mass is 207 g/mol. The fraction of sp³-hybridized carbons (Fsp3) is 0.769. The molecule has 2 heterocycles. The van der Waals surface area contributed by atoms with E-state index in [9.17, 15) is 0 Å². The third kappa shape index (κ3) is 2.24. The molecule has 2 heteroatoms. The maximum atomic E-state index is 2.58. The molecule has 0 saturated carbocycles. The van der Waals surface area contributed by atoms with E-state index in [1.165, 1.54) is 44.5 Å². The summed E-state index contributed by atoms with van der Waals surface area (Å²) in [6, 6.07) is 0. The molecule has 1 saturated heterocycles. The van der Waals surface area contributed by atoms with Gasteiger partial charge in [0.05, 0.1) is 6.42 Å². The molecular weight excluding hydrogens is 184 g/mol. The third-order valence-electron chi connectivity index (χ3n) is 3.82. The third-order valence-corrected chi connectivity index (χ3v) is 3.82. The Bertz CT molecular complexity index is 294. The lowest BCUT2D eigenvalue weighted by atomic mass is 9.94. The highest BCUT2D eigenvalue weighted by atomic mass is 15.2. The Kier molecular flexibility index (Phi) is 2.85. The van der Waals surface area contributed by atoms with Crippen LogP contribution in [0.15, 0.2) is 11.8 Å². The lowest BCUT2D eigenvalue weighted by Crippen LogP contribution is -2.41. The van der Waals surface area contributed by atoms with E-state index in [2.05, 4.69) is 42.7 Å². The van der Waals surface area contributed by atoms with Gasteiger partial charge in [-0.1, -0.05) is 0 Å². The molecule has 0 unspecified atom stereocenters. The van der Waals surface area contributed by atoms with Crippen LogP contribution in [0.2, 0.25) is 0 Å². The van der Waals surface area contributed by atoms with Crippen molar-refractivity contribution in [2.45, 2.75) is 45.1 Å². The number of piperidine rings is 1. The molecule has 0 aromatic heterocycles. The van der Waals surface area contributed by atoms with Crippen molar-refractivity contribution in [2.24, 2.45) is 0 Å². The maximum Gasteiger partial charge on any atom is 0.165 e. The van der Waals surface area contributed by atoms with Gasteiger partial charge in [0.2, 0.25) is 0 Å². The average molecular weight is 207 g/mol. The van der Waals surface area contributed by atoms with Gasteiger partial charge in [-0.2, -0.15) is 0 Å². The predicted molar refractivity (Wildman–Crippen MR) is 64.5 cm³/mol. The zero-order valence-electron chi connectivity index (χ0n) is 10.3. The van der Waals surface area contributed by atoms with Gasteiger partial charge in [-0.3, -0.25) is 0 Å². The standard InChI is InChI=1S/C13H23N2/c1-13(2)11-12(7-10-14(13)3)15-8-5-4-6-9-15/h7,10H,4-6,8-9,11H2,1-3H3/q+1. The summed E-state index contributed by atoms with van der Waals surface area (Å²) in [7, 11) is 2.17. The van der Waals surface area contributed by atoms with Crippen molar-refractivity contribution in [3.8, 4) is 0 Å². The fourth-order valence-electron chi connectivity index (χ4n) is 2.42. The van der Waals surface area contributed by atoms with E-state index in [0.29, 0.717) is 0 Å². The second-order valence-electron chi connectivity index (χ2n) is 5.45. The lowest BCUT2D eigenvalue weighted by Gasteiger charge is -2.35. The molecule has 0 radical (unpaired) electrons. The van der Waals surface area contributed by atoms with E-state index < -0.39 is 0 Å². The minimum atomic E-state index is 0.279.